The highest BCUT2D eigenvalue weighted by Gasteiger charge is 2.10. The predicted molar refractivity (Wildman–Crippen MR) is 87.9 cm³/mol. The summed E-state index contributed by atoms with van der Waals surface area (Å²) in [6.45, 7) is 3.27. The Bertz CT molecular complexity index is 688. The van der Waals surface area contributed by atoms with Crippen molar-refractivity contribution >= 4 is 34.9 Å². The van der Waals surface area contributed by atoms with Crippen LogP contribution in [0.3, 0.4) is 0 Å². The highest BCUT2D eigenvalue weighted by Crippen LogP contribution is 2.31. The zero-order valence-corrected chi connectivity index (χ0v) is 13.0. The molecule has 3 nitrogen and oxygen atoms in total. The lowest BCUT2D eigenvalue weighted by molar-refractivity contribution is 0.136. The smallest absolute Gasteiger partial charge is 0.403 e. The topological polar surface area (TPSA) is 35.5 Å². The van der Waals surface area contributed by atoms with Gasteiger partial charge in [0, 0.05) is 5.57 Å². The van der Waals surface area contributed by atoms with Crippen molar-refractivity contribution in [2.75, 3.05) is 0 Å². The summed E-state index contributed by atoms with van der Waals surface area (Å²) in [6, 6.07) is 16.3. The third-order valence-corrected chi connectivity index (χ3v) is 3.15. The summed E-state index contributed by atoms with van der Waals surface area (Å²) in [7, 11) is 0. The van der Waals surface area contributed by atoms with Crippen LogP contribution in [0.25, 0.3) is 5.57 Å². The molecule has 0 heterocycles. The Labute approximate surface area is 138 Å². The van der Waals surface area contributed by atoms with E-state index in [1.807, 2.05) is 30.3 Å². The Morgan fingerprint density at radius 3 is 2.09 bits per heavy atom. The first-order chi connectivity index (χ1) is 10.6. The van der Waals surface area contributed by atoms with E-state index in [0.29, 0.717) is 11.3 Å². The normalized spacial score (nSPS) is 9.73. The minimum Gasteiger partial charge on any atom is -0.403 e. The van der Waals surface area contributed by atoms with Gasteiger partial charge in [0.1, 0.15) is 10.2 Å². The maximum absolute atomic E-state index is 11.2. The molecule has 0 amide bonds. The molecule has 0 N–H and O–H groups in total. The van der Waals surface area contributed by atoms with E-state index in [9.17, 15) is 4.79 Å². The Morgan fingerprint density at radius 2 is 1.55 bits per heavy atom. The van der Waals surface area contributed by atoms with Crippen molar-refractivity contribution in [3.8, 4) is 5.75 Å². The molecule has 2 aromatic carbocycles. The zero-order chi connectivity index (χ0) is 15.9. The molecule has 0 saturated carbocycles. The van der Waals surface area contributed by atoms with Gasteiger partial charge in [-0.25, -0.2) is 4.79 Å². The van der Waals surface area contributed by atoms with Gasteiger partial charge in [0.2, 0.25) is 0 Å². The van der Waals surface area contributed by atoms with Gasteiger partial charge < -0.3 is 9.47 Å². The molecule has 0 aromatic heterocycles. The average Bonchev–Trinajstić information content (AvgIpc) is 2.50. The molecule has 0 bridgehead atoms. The molecule has 0 aliphatic carbocycles. The lowest BCUT2D eigenvalue weighted by atomic mass is 9.99. The summed E-state index contributed by atoms with van der Waals surface area (Å²) >= 11 is 12.0. The van der Waals surface area contributed by atoms with E-state index in [0.717, 1.165) is 17.4 Å². The first-order valence-electron chi connectivity index (χ1n) is 6.32. The third kappa shape index (κ3) is 4.13. The van der Waals surface area contributed by atoms with Gasteiger partial charge in [0.15, 0.2) is 0 Å². The summed E-state index contributed by atoms with van der Waals surface area (Å²) in [4.78, 5) is 11.2. The molecule has 2 aromatic rings. The minimum absolute atomic E-state index is 0.158. The number of carbonyl (C=O) groups excluding carboxylic acids is 1. The van der Waals surface area contributed by atoms with Gasteiger partial charge in [0.05, 0.1) is 6.26 Å². The summed E-state index contributed by atoms with van der Waals surface area (Å²) in [6.07, 6.45) is 0.150. The summed E-state index contributed by atoms with van der Waals surface area (Å²) in [5.41, 5.74) is 2.39. The van der Waals surface area contributed by atoms with Crippen LogP contribution in [0, 0.1) is 0 Å². The van der Waals surface area contributed by atoms with E-state index < -0.39 is 6.16 Å². The Balaban J connectivity index is 2.27. The second kappa shape index (κ2) is 7.69. The van der Waals surface area contributed by atoms with E-state index in [2.05, 4.69) is 11.3 Å². The predicted octanol–water partition coefficient (Wildman–Crippen LogP) is 5.54. The van der Waals surface area contributed by atoms with E-state index in [1.165, 1.54) is 0 Å². The Kier molecular flexibility index (Phi) is 5.64. The number of halogens is 2. The Hall–Kier alpha value is -2.23. The molecule has 112 valence electrons. The first-order valence-corrected chi connectivity index (χ1v) is 7.08. The molecular formula is C17H12Cl2O3. The molecule has 0 aliphatic rings. The van der Waals surface area contributed by atoms with Crippen LogP contribution >= 0.6 is 23.2 Å². The minimum atomic E-state index is -0.850. The number of hydrogen-bond acceptors (Lipinski definition) is 3. The van der Waals surface area contributed by atoms with Crippen LogP contribution in [0.5, 0.6) is 5.75 Å². The van der Waals surface area contributed by atoms with Crippen molar-refractivity contribution in [1.29, 1.82) is 0 Å². The second-order valence-electron chi connectivity index (χ2n) is 4.16. The Morgan fingerprint density at radius 1 is 0.955 bits per heavy atom. The van der Waals surface area contributed by atoms with Crippen LogP contribution in [-0.4, -0.2) is 6.16 Å². The largest absolute Gasteiger partial charge is 0.518 e. The van der Waals surface area contributed by atoms with E-state index in [1.54, 1.807) is 24.3 Å². The van der Waals surface area contributed by atoms with Crippen LogP contribution in [0.2, 0.25) is 0 Å². The van der Waals surface area contributed by atoms with Crippen LogP contribution < -0.4 is 4.74 Å². The molecule has 0 unspecified atom stereocenters. The standard InChI is InChI=1S/C17H12Cl2O3/c1-2-21-17(20)22-14-10-8-13(9-11-14)15(16(18)19)12-6-4-3-5-7-12/h2-11H,1H2. The van der Waals surface area contributed by atoms with Crippen molar-refractivity contribution in [2.24, 2.45) is 0 Å². The molecule has 0 atom stereocenters. The fourth-order valence-corrected chi connectivity index (χ4v) is 2.30. The maximum Gasteiger partial charge on any atom is 0.518 e. The fourth-order valence-electron chi connectivity index (χ4n) is 1.87. The average molecular weight is 335 g/mol. The SMILES string of the molecule is C=COC(=O)Oc1ccc(C(=C(Cl)Cl)c2ccccc2)cc1. The second-order valence-corrected chi connectivity index (χ2v) is 5.11. The number of benzene rings is 2. The van der Waals surface area contributed by atoms with Gasteiger partial charge in [-0.2, -0.15) is 0 Å². The first kappa shape index (κ1) is 16.1. The molecule has 22 heavy (non-hydrogen) atoms. The molecule has 0 aliphatic heterocycles. The maximum atomic E-state index is 11.2. The molecule has 0 saturated heterocycles. The van der Waals surface area contributed by atoms with Gasteiger partial charge in [0.25, 0.3) is 0 Å². The molecule has 0 fully saturated rings. The summed E-state index contributed by atoms with van der Waals surface area (Å²) in [5.74, 6) is 0.341. The summed E-state index contributed by atoms with van der Waals surface area (Å²) < 4.78 is 9.58. The molecule has 2 rings (SSSR count). The molecule has 5 heteroatoms. The van der Waals surface area contributed by atoms with E-state index in [-0.39, 0.29) is 4.49 Å². The molecule has 0 radical (unpaired) electrons. The number of carbonyl (C=O) groups is 1. The van der Waals surface area contributed by atoms with E-state index in [4.69, 9.17) is 27.9 Å². The van der Waals surface area contributed by atoms with E-state index >= 15 is 0 Å². The van der Waals surface area contributed by atoms with Crippen molar-refractivity contribution in [1.82, 2.24) is 0 Å². The number of hydrogen-bond donors (Lipinski definition) is 0. The van der Waals surface area contributed by atoms with Gasteiger partial charge in [-0.3, -0.25) is 0 Å². The van der Waals surface area contributed by atoms with Crippen molar-refractivity contribution in [2.45, 2.75) is 0 Å². The molecule has 0 spiro atoms. The van der Waals surface area contributed by atoms with Crippen LogP contribution in [0.1, 0.15) is 11.1 Å². The third-order valence-electron chi connectivity index (χ3n) is 2.78. The highest BCUT2D eigenvalue weighted by atomic mass is 35.5. The number of rotatable bonds is 4. The van der Waals surface area contributed by atoms with Crippen molar-refractivity contribution in [3.05, 3.63) is 83.1 Å². The quantitative estimate of drug-likeness (QED) is 0.418. The van der Waals surface area contributed by atoms with Crippen LogP contribution in [0.4, 0.5) is 4.79 Å². The molecular weight excluding hydrogens is 323 g/mol. The highest BCUT2D eigenvalue weighted by molar-refractivity contribution is 6.59. The lowest BCUT2D eigenvalue weighted by Gasteiger charge is -2.09. The van der Waals surface area contributed by atoms with Gasteiger partial charge >= 0.3 is 6.16 Å². The lowest BCUT2D eigenvalue weighted by Crippen LogP contribution is -2.06. The zero-order valence-electron chi connectivity index (χ0n) is 11.5. The number of ether oxygens (including phenoxy) is 2. The van der Waals surface area contributed by atoms with Crippen LogP contribution in [0.15, 0.2) is 71.9 Å². The van der Waals surface area contributed by atoms with Gasteiger partial charge in [-0.05, 0) is 23.3 Å². The monoisotopic (exact) mass is 334 g/mol. The van der Waals surface area contributed by atoms with Gasteiger partial charge in [-0.1, -0.05) is 72.2 Å². The fraction of sp³-hybridized carbons (Fsp3) is 0. The summed E-state index contributed by atoms with van der Waals surface area (Å²) in [5, 5.41) is 0. The van der Waals surface area contributed by atoms with Gasteiger partial charge in [-0.15, -0.1) is 0 Å². The van der Waals surface area contributed by atoms with Crippen molar-refractivity contribution in [3.63, 3.8) is 0 Å². The van der Waals surface area contributed by atoms with Crippen molar-refractivity contribution < 1.29 is 14.3 Å². The van der Waals surface area contributed by atoms with Crippen LogP contribution in [-0.2, 0) is 4.74 Å².